The average molecular weight is 236 g/mol. The van der Waals surface area contributed by atoms with Crippen LogP contribution in [0.2, 0.25) is 0 Å². The first-order valence-corrected chi connectivity index (χ1v) is 5.96. The third kappa shape index (κ3) is 4.95. The van der Waals surface area contributed by atoms with E-state index in [4.69, 9.17) is 4.74 Å². The van der Waals surface area contributed by atoms with Crippen LogP contribution >= 0.6 is 0 Å². The van der Waals surface area contributed by atoms with Gasteiger partial charge in [0.05, 0.1) is 18.7 Å². The molecule has 0 aliphatic rings. The van der Waals surface area contributed by atoms with E-state index in [9.17, 15) is 4.79 Å². The van der Waals surface area contributed by atoms with E-state index >= 15 is 0 Å². The number of nitrogens with one attached hydrogen (secondary N) is 1. The zero-order chi connectivity index (χ0) is 12.7. The minimum Gasteiger partial charge on any atom is -0.466 e. The Morgan fingerprint density at radius 1 is 1.47 bits per heavy atom. The number of esters is 1. The maximum Gasteiger partial charge on any atom is 0.307 e. The Hall–Kier alpha value is -1.42. The lowest BCUT2D eigenvalue weighted by Gasteiger charge is -2.18. The van der Waals surface area contributed by atoms with Gasteiger partial charge in [0.1, 0.15) is 0 Å². The Kier molecular flexibility index (Phi) is 5.63. The Morgan fingerprint density at radius 2 is 2.24 bits per heavy atom. The first kappa shape index (κ1) is 13.6. The number of hydrogen-bond acceptors (Lipinski definition) is 4. The van der Waals surface area contributed by atoms with E-state index in [1.54, 1.807) is 6.20 Å². The summed E-state index contributed by atoms with van der Waals surface area (Å²) in [5, 5.41) is 3.32. The summed E-state index contributed by atoms with van der Waals surface area (Å²) in [6.07, 6.45) is 2.15. The molecule has 1 aromatic heterocycles. The summed E-state index contributed by atoms with van der Waals surface area (Å²) < 4.78 is 4.91. The molecule has 17 heavy (non-hydrogen) atoms. The number of pyridine rings is 1. The van der Waals surface area contributed by atoms with Crippen LogP contribution in [-0.4, -0.2) is 23.6 Å². The highest BCUT2D eigenvalue weighted by Gasteiger charge is 2.13. The molecule has 4 heteroatoms. The van der Waals surface area contributed by atoms with Crippen LogP contribution in [0.25, 0.3) is 0 Å². The molecule has 0 aliphatic carbocycles. The summed E-state index contributed by atoms with van der Waals surface area (Å²) in [6, 6.07) is 6.01. The Balaban J connectivity index is 2.41. The Labute approximate surface area is 102 Å². The highest BCUT2D eigenvalue weighted by Crippen LogP contribution is 2.10. The average Bonchev–Trinajstić information content (AvgIpc) is 2.30. The number of hydrogen-bond donors (Lipinski definition) is 1. The van der Waals surface area contributed by atoms with Crippen molar-refractivity contribution in [3.05, 3.63) is 30.1 Å². The first-order chi connectivity index (χ1) is 8.13. The molecule has 1 unspecified atom stereocenters. The molecule has 0 saturated heterocycles. The van der Waals surface area contributed by atoms with Crippen LogP contribution in [-0.2, 0) is 9.53 Å². The second-order valence-electron chi connectivity index (χ2n) is 4.05. The Morgan fingerprint density at radius 3 is 2.82 bits per heavy atom. The highest BCUT2D eigenvalue weighted by atomic mass is 16.5. The van der Waals surface area contributed by atoms with Gasteiger partial charge in [-0.1, -0.05) is 6.07 Å². The topological polar surface area (TPSA) is 51.2 Å². The summed E-state index contributed by atoms with van der Waals surface area (Å²) in [5.74, 6) is -0.166. The van der Waals surface area contributed by atoms with Gasteiger partial charge in [-0.25, -0.2) is 0 Å². The molecule has 0 spiro atoms. The fourth-order valence-electron chi connectivity index (χ4n) is 1.67. The van der Waals surface area contributed by atoms with E-state index in [-0.39, 0.29) is 18.1 Å². The molecule has 0 aliphatic heterocycles. The molecule has 0 radical (unpaired) electrons. The smallest absolute Gasteiger partial charge is 0.307 e. The number of rotatable bonds is 6. The van der Waals surface area contributed by atoms with E-state index in [2.05, 4.69) is 10.3 Å². The van der Waals surface area contributed by atoms with Crippen LogP contribution in [0.5, 0.6) is 0 Å². The molecule has 0 amide bonds. The van der Waals surface area contributed by atoms with E-state index in [1.807, 2.05) is 39.0 Å². The predicted molar refractivity (Wildman–Crippen MR) is 66.5 cm³/mol. The SMILES string of the molecule is CCOC(=O)CC(C)N[C@H](C)c1ccccn1. The van der Waals surface area contributed by atoms with Gasteiger partial charge in [0.2, 0.25) is 0 Å². The number of aromatic nitrogens is 1. The van der Waals surface area contributed by atoms with E-state index in [0.29, 0.717) is 13.0 Å². The van der Waals surface area contributed by atoms with Gasteiger partial charge in [-0.3, -0.25) is 9.78 Å². The van der Waals surface area contributed by atoms with Crippen LogP contribution in [0.3, 0.4) is 0 Å². The first-order valence-electron chi connectivity index (χ1n) is 5.96. The zero-order valence-electron chi connectivity index (χ0n) is 10.6. The van der Waals surface area contributed by atoms with Gasteiger partial charge in [0.15, 0.2) is 0 Å². The summed E-state index contributed by atoms with van der Waals surface area (Å²) in [4.78, 5) is 15.6. The highest BCUT2D eigenvalue weighted by molar-refractivity contribution is 5.70. The summed E-state index contributed by atoms with van der Waals surface area (Å²) >= 11 is 0. The third-order valence-electron chi connectivity index (χ3n) is 2.44. The minimum absolute atomic E-state index is 0.0751. The maximum absolute atomic E-state index is 11.3. The van der Waals surface area contributed by atoms with Crippen LogP contribution in [0, 0.1) is 0 Å². The molecule has 0 fully saturated rings. The minimum atomic E-state index is -0.166. The van der Waals surface area contributed by atoms with Crippen molar-refractivity contribution in [1.29, 1.82) is 0 Å². The van der Waals surface area contributed by atoms with Crippen LogP contribution in [0.4, 0.5) is 0 Å². The van der Waals surface area contributed by atoms with Gasteiger partial charge >= 0.3 is 5.97 Å². The van der Waals surface area contributed by atoms with Crippen molar-refractivity contribution >= 4 is 5.97 Å². The second-order valence-corrected chi connectivity index (χ2v) is 4.05. The van der Waals surface area contributed by atoms with Gasteiger partial charge in [-0.2, -0.15) is 0 Å². The molecule has 0 aromatic carbocycles. The monoisotopic (exact) mass is 236 g/mol. The molecule has 2 atom stereocenters. The number of ether oxygens (including phenoxy) is 1. The normalized spacial score (nSPS) is 14.1. The fraction of sp³-hybridized carbons (Fsp3) is 0.538. The van der Waals surface area contributed by atoms with Gasteiger partial charge in [-0.05, 0) is 32.9 Å². The predicted octanol–water partition coefficient (Wildman–Crippen LogP) is 2.07. The van der Waals surface area contributed by atoms with Crippen molar-refractivity contribution in [3.63, 3.8) is 0 Å². The van der Waals surface area contributed by atoms with E-state index < -0.39 is 0 Å². The van der Waals surface area contributed by atoms with E-state index in [0.717, 1.165) is 5.69 Å². The number of nitrogens with zero attached hydrogens (tertiary/aromatic N) is 1. The quantitative estimate of drug-likeness (QED) is 0.768. The number of carbonyl (C=O) groups is 1. The van der Waals surface area contributed by atoms with Crippen molar-refractivity contribution in [3.8, 4) is 0 Å². The lowest BCUT2D eigenvalue weighted by molar-refractivity contribution is -0.143. The van der Waals surface area contributed by atoms with Gasteiger partial charge in [0, 0.05) is 18.3 Å². The molecular formula is C13H20N2O2. The van der Waals surface area contributed by atoms with Crippen molar-refractivity contribution < 1.29 is 9.53 Å². The largest absolute Gasteiger partial charge is 0.466 e. The summed E-state index contributed by atoms with van der Waals surface area (Å²) in [6.45, 7) is 6.24. The van der Waals surface area contributed by atoms with E-state index in [1.165, 1.54) is 0 Å². The summed E-state index contributed by atoms with van der Waals surface area (Å²) in [7, 11) is 0. The van der Waals surface area contributed by atoms with Crippen molar-refractivity contribution in [1.82, 2.24) is 10.3 Å². The lowest BCUT2D eigenvalue weighted by Crippen LogP contribution is -2.31. The summed E-state index contributed by atoms with van der Waals surface area (Å²) in [5.41, 5.74) is 0.975. The molecule has 0 bridgehead atoms. The van der Waals surface area contributed by atoms with Gasteiger partial charge in [0.25, 0.3) is 0 Å². The maximum atomic E-state index is 11.3. The molecule has 0 saturated carbocycles. The van der Waals surface area contributed by atoms with Crippen LogP contribution < -0.4 is 5.32 Å². The Bertz CT molecular complexity index is 341. The van der Waals surface area contributed by atoms with Crippen molar-refractivity contribution in [2.24, 2.45) is 0 Å². The zero-order valence-corrected chi connectivity index (χ0v) is 10.6. The van der Waals surface area contributed by atoms with Crippen LogP contribution in [0.1, 0.15) is 38.9 Å². The fourth-order valence-corrected chi connectivity index (χ4v) is 1.67. The van der Waals surface area contributed by atoms with Crippen molar-refractivity contribution in [2.75, 3.05) is 6.61 Å². The van der Waals surface area contributed by atoms with Crippen molar-refractivity contribution in [2.45, 2.75) is 39.3 Å². The number of carbonyl (C=O) groups excluding carboxylic acids is 1. The molecule has 1 N–H and O–H groups in total. The molecule has 4 nitrogen and oxygen atoms in total. The lowest BCUT2D eigenvalue weighted by atomic mass is 10.1. The molecule has 1 aromatic rings. The molecular weight excluding hydrogens is 216 g/mol. The van der Waals surface area contributed by atoms with Gasteiger partial charge < -0.3 is 10.1 Å². The van der Waals surface area contributed by atoms with Crippen LogP contribution in [0.15, 0.2) is 24.4 Å². The molecule has 1 rings (SSSR count). The molecule has 94 valence electrons. The third-order valence-corrected chi connectivity index (χ3v) is 2.44. The second kappa shape index (κ2) is 7.01. The standard InChI is InChI=1S/C13H20N2O2/c1-4-17-13(16)9-10(2)15-11(3)12-7-5-6-8-14-12/h5-8,10-11,15H,4,9H2,1-3H3/t10?,11-/m1/s1. The van der Waals surface area contributed by atoms with Gasteiger partial charge in [-0.15, -0.1) is 0 Å². The molecule has 1 heterocycles.